The van der Waals surface area contributed by atoms with Crippen LogP contribution in [-0.2, 0) is 0 Å². The summed E-state index contributed by atoms with van der Waals surface area (Å²) in [7, 11) is 0. The van der Waals surface area contributed by atoms with Gasteiger partial charge in [0.05, 0.1) is 5.56 Å². The second-order valence-electron chi connectivity index (χ2n) is 3.82. The molecular formula is C13H8N2O3S. The lowest BCUT2D eigenvalue weighted by molar-refractivity contribution is 0.0697. The fourth-order valence-electron chi connectivity index (χ4n) is 1.63. The summed E-state index contributed by atoms with van der Waals surface area (Å²) in [6, 6.07) is 8.30. The Kier molecular flexibility index (Phi) is 2.85. The zero-order chi connectivity index (χ0) is 13.2. The number of aromatic nitrogens is 2. The molecule has 0 spiro atoms. The molecule has 1 aromatic carbocycles. The number of carboxylic acids is 1. The molecule has 0 unspecified atom stereocenters. The predicted molar refractivity (Wildman–Crippen MR) is 70.0 cm³/mol. The highest BCUT2D eigenvalue weighted by Crippen LogP contribution is 2.24. The Bertz CT molecular complexity index is 719. The van der Waals surface area contributed by atoms with Crippen molar-refractivity contribution in [2.75, 3.05) is 0 Å². The maximum Gasteiger partial charge on any atom is 0.335 e. The molecule has 0 amide bonds. The number of aromatic carboxylic acids is 1. The Hall–Kier alpha value is -2.47. The van der Waals surface area contributed by atoms with Gasteiger partial charge in [-0.3, -0.25) is 0 Å². The minimum absolute atomic E-state index is 0.188. The van der Waals surface area contributed by atoms with Crippen LogP contribution in [0.3, 0.4) is 0 Å². The molecule has 0 saturated carbocycles. The van der Waals surface area contributed by atoms with Crippen LogP contribution >= 0.6 is 11.3 Å². The summed E-state index contributed by atoms with van der Waals surface area (Å²) in [6.07, 6.45) is 0. The normalized spacial score (nSPS) is 10.5. The van der Waals surface area contributed by atoms with Gasteiger partial charge in [-0.2, -0.15) is 16.3 Å². The number of carbonyl (C=O) groups is 1. The smallest absolute Gasteiger partial charge is 0.335 e. The van der Waals surface area contributed by atoms with Crippen molar-refractivity contribution in [1.29, 1.82) is 0 Å². The van der Waals surface area contributed by atoms with E-state index in [0.29, 0.717) is 17.3 Å². The predicted octanol–water partition coefficient (Wildman–Crippen LogP) is 3.16. The summed E-state index contributed by atoms with van der Waals surface area (Å²) < 4.78 is 5.16. The first kappa shape index (κ1) is 11.6. The van der Waals surface area contributed by atoms with E-state index in [4.69, 9.17) is 9.63 Å². The molecule has 5 nitrogen and oxygen atoms in total. The Labute approximate surface area is 112 Å². The third-order valence-corrected chi connectivity index (χ3v) is 3.25. The number of thiophene rings is 1. The van der Waals surface area contributed by atoms with Crippen molar-refractivity contribution in [1.82, 2.24) is 10.1 Å². The van der Waals surface area contributed by atoms with Gasteiger partial charge in [0, 0.05) is 16.5 Å². The lowest BCUT2D eigenvalue weighted by Gasteiger charge is -1.96. The van der Waals surface area contributed by atoms with Crippen molar-refractivity contribution in [3.8, 4) is 22.8 Å². The van der Waals surface area contributed by atoms with Crippen molar-refractivity contribution in [2.24, 2.45) is 0 Å². The Balaban J connectivity index is 1.99. The summed E-state index contributed by atoms with van der Waals surface area (Å²) in [5.41, 5.74) is 1.66. The molecule has 0 aliphatic rings. The number of hydrogen-bond acceptors (Lipinski definition) is 5. The van der Waals surface area contributed by atoms with Crippen molar-refractivity contribution >= 4 is 17.3 Å². The minimum atomic E-state index is -0.987. The first-order valence-corrected chi connectivity index (χ1v) is 6.38. The third-order valence-electron chi connectivity index (χ3n) is 2.56. The molecule has 0 bridgehead atoms. The molecule has 1 N–H and O–H groups in total. The molecule has 0 radical (unpaired) electrons. The average molecular weight is 272 g/mol. The Morgan fingerprint density at radius 1 is 1.26 bits per heavy atom. The molecule has 3 rings (SSSR count). The van der Waals surface area contributed by atoms with Gasteiger partial charge in [0.25, 0.3) is 5.89 Å². The van der Waals surface area contributed by atoms with Gasteiger partial charge in [0.1, 0.15) is 0 Å². The van der Waals surface area contributed by atoms with E-state index in [1.165, 1.54) is 12.1 Å². The lowest BCUT2D eigenvalue weighted by atomic mass is 10.1. The minimum Gasteiger partial charge on any atom is -0.478 e. The molecule has 94 valence electrons. The summed E-state index contributed by atoms with van der Waals surface area (Å²) in [5.74, 6) is -0.180. The van der Waals surface area contributed by atoms with E-state index in [0.717, 1.165) is 5.56 Å². The van der Waals surface area contributed by atoms with E-state index in [9.17, 15) is 4.79 Å². The standard InChI is InChI=1S/C13H8N2O3S/c16-13(17)9-3-1-2-8(6-9)12-14-11(15-18-12)10-4-5-19-7-10/h1-7H,(H,16,17). The van der Waals surface area contributed by atoms with Crippen molar-refractivity contribution in [3.63, 3.8) is 0 Å². The van der Waals surface area contributed by atoms with E-state index < -0.39 is 5.97 Å². The fraction of sp³-hybridized carbons (Fsp3) is 0. The molecule has 2 aromatic heterocycles. The number of carboxylic acid groups (broad SMARTS) is 1. The van der Waals surface area contributed by atoms with Crippen LogP contribution in [0.1, 0.15) is 10.4 Å². The SMILES string of the molecule is O=C(O)c1cccc(-c2nc(-c3ccsc3)no2)c1. The first-order valence-electron chi connectivity index (χ1n) is 5.44. The maximum absolute atomic E-state index is 10.9. The Morgan fingerprint density at radius 2 is 2.16 bits per heavy atom. The molecule has 0 aliphatic heterocycles. The number of hydrogen-bond donors (Lipinski definition) is 1. The largest absolute Gasteiger partial charge is 0.478 e. The van der Waals surface area contributed by atoms with Crippen LogP contribution in [0, 0.1) is 0 Å². The topological polar surface area (TPSA) is 76.2 Å². The molecule has 0 fully saturated rings. The van der Waals surface area contributed by atoms with Gasteiger partial charge >= 0.3 is 5.97 Å². The molecule has 2 heterocycles. The average Bonchev–Trinajstić information content (AvgIpc) is 3.09. The van der Waals surface area contributed by atoms with E-state index in [1.807, 2.05) is 16.8 Å². The van der Waals surface area contributed by atoms with Crippen LogP contribution < -0.4 is 0 Å². The maximum atomic E-state index is 10.9. The van der Waals surface area contributed by atoms with Crippen LogP contribution in [0.2, 0.25) is 0 Å². The number of rotatable bonds is 3. The third kappa shape index (κ3) is 2.25. The van der Waals surface area contributed by atoms with Gasteiger partial charge in [0.2, 0.25) is 5.82 Å². The summed E-state index contributed by atoms with van der Waals surface area (Å²) in [4.78, 5) is 15.2. The summed E-state index contributed by atoms with van der Waals surface area (Å²) in [6.45, 7) is 0. The molecular weight excluding hydrogens is 264 g/mol. The first-order chi connectivity index (χ1) is 9.24. The van der Waals surface area contributed by atoms with Crippen LogP contribution in [0.5, 0.6) is 0 Å². The van der Waals surface area contributed by atoms with Crippen LogP contribution in [-0.4, -0.2) is 21.2 Å². The van der Waals surface area contributed by atoms with E-state index >= 15 is 0 Å². The quantitative estimate of drug-likeness (QED) is 0.792. The molecule has 3 aromatic rings. The zero-order valence-electron chi connectivity index (χ0n) is 9.61. The Morgan fingerprint density at radius 3 is 2.89 bits per heavy atom. The highest BCUT2D eigenvalue weighted by atomic mass is 32.1. The van der Waals surface area contributed by atoms with Gasteiger partial charge in [0.15, 0.2) is 0 Å². The second-order valence-corrected chi connectivity index (χ2v) is 4.60. The van der Waals surface area contributed by atoms with E-state index in [1.54, 1.807) is 23.5 Å². The number of benzene rings is 1. The van der Waals surface area contributed by atoms with Gasteiger partial charge in [-0.25, -0.2) is 4.79 Å². The van der Waals surface area contributed by atoms with E-state index in [2.05, 4.69) is 10.1 Å². The zero-order valence-corrected chi connectivity index (χ0v) is 10.4. The molecule has 0 aliphatic carbocycles. The molecule has 0 atom stereocenters. The highest BCUT2D eigenvalue weighted by Gasteiger charge is 2.12. The van der Waals surface area contributed by atoms with Gasteiger partial charge in [-0.05, 0) is 29.6 Å². The van der Waals surface area contributed by atoms with Gasteiger partial charge in [-0.15, -0.1) is 0 Å². The van der Waals surface area contributed by atoms with Crippen molar-refractivity contribution in [2.45, 2.75) is 0 Å². The molecule has 6 heteroatoms. The van der Waals surface area contributed by atoms with Crippen LogP contribution in [0.15, 0.2) is 45.6 Å². The summed E-state index contributed by atoms with van der Waals surface area (Å²) in [5, 5.41) is 16.7. The van der Waals surface area contributed by atoms with Crippen molar-refractivity contribution in [3.05, 3.63) is 46.7 Å². The summed E-state index contributed by atoms with van der Waals surface area (Å²) >= 11 is 1.55. The fourth-order valence-corrected chi connectivity index (χ4v) is 2.27. The van der Waals surface area contributed by atoms with Gasteiger partial charge < -0.3 is 9.63 Å². The van der Waals surface area contributed by atoms with Gasteiger partial charge in [-0.1, -0.05) is 11.2 Å². The highest BCUT2D eigenvalue weighted by molar-refractivity contribution is 7.08. The number of nitrogens with zero attached hydrogens (tertiary/aromatic N) is 2. The van der Waals surface area contributed by atoms with Crippen LogP contribution in [0.4, 0.5) is 0 Å². The van der Waals surface area contributed by atoms with Crippen molar-refractivity contribution < 1.29 is 14.4 Å². The van der Waals surface area contributed by atoms with E-state index in [-0.39, 0.29) is 5.56 Å². The van der Waals surface area contributed by atoms with Crippen LogP contribution in [0.25, 0.3) is 22.8 Å². The second kappa shape index (κ2) is 4.66. The molecule has 0 saturated heterocycles. The molecule has 19 heavy (non-hydrogen) atoms. The lowest BCUT2D eigenvalue weighted by Crippen LogP contribution is -1.95. The monoisotopic (exact) mass is 272 g/mol.